The van der Waals surface area contributed by atoms with Crippen LogP contribution < -0.4 is 0 Å². The normalized spacial score (nSPS) is 9.69. The lowest BCUT2D eigenvalue weighted by atomic mass is 10.3. The molecule has 78 valence electrons. The van der Waals surface area contributed by atoms with Gasteiger partial charge in [-0.25, -0.2) is 4.98 Å². The number of imidazole rings is 1. The van der Waals surface area contributed by atoms with Gasteiger partial charge in [-0.15, -0.1) is 0 Å². The monoisotopic (exact) mass is 214 g/mol. The van der Waals surface area contributed by atoms with Crippen LogP contribution >= 0.6 is 0 Å². The Morgan fingerprint density at radius 1 is 1.44 bits per heavy atom. The van der Waals surface area contributed by atoms with Crippen molar-refractivity contribution in [3.05, 3.63) is 29.4 Å². The van der Waals surface area contributed by atoms with Crippen molar-refractivity contribution >= 4 is 0 Å². The number of hydrogen-bond donors (Lipinski definition) is 0. The van der Waals surface area contributed by atoms with Crippen molar-refractivity contribution in [1.29, 1.82) is 10.5 Å². The molecule has 0 atom stereocenters. The van der Waals surface area contributed by atoms with Crippen LogP contribution in [-0.4, -0.2) is 19.7 Å². The molecule has 0 aromatic carbocycles. The lowest BCUT2D eigenvalue weighted by Crippen LogP contribution is -2.03. The standard InChI is InChI=1S/C9H6N6O/c1-6-13-9(14-16-6)4-15-5-12-7(2-10)8(15)3-11/h5H,4H2,1H3. The molecule has 7 nitrogen and oxygen atoms in total. The first kappa shape index (κ1) is 9.87. The van der Waals surface area contributed by atoms with E-state index in [0.29, 0.717) is 11.7 Å². The second kappa shape index (κ2) is 3.83. The summed E-state index contributed by atoms with van der Waals surface area (Å²) in [6, 6.07) is 3.75. The van der Waals surface area contributed by atoms with E-state index in [-0.39, 0.29) is 17.9 Å². The van der Waals surface area contributed by atoms with Crippen LogP contribution in [0.2, 0.25) is 0 Å². The number of nitrogens with zero attached hydrogens (tertiary/aromatic N) is 6. The summed E-state index contributed by atoms with van der Waals surface area (Å²) in [7, 11) is 0. The molecule has 7 heteroatoms. The maximum absolute atomic E-state index is 8.88. The van der Waals surface area contributed by atoms with Crippen LogP contribution in [0.15, 0.2) is 10.9 Å². The Hall–Kier alpha value is -2.67. The van der Waals surface area contributed by atoms with Gasteiger partial charge in [0.05, 0.1) is 12.9 Å². The number of hydrogen-bond acceptors (Lipinski definition) is 6. The number of aromatic nitrogens is 4. The molecule has 2 aromatic heterocycles. The zero-order valence-electron chi connectivity index (χ0n) is 8.38. The first-order valence-corrected chi connectivity index (χ1v) is 4.39. The summed E-state index contributed by atoms with van der Waals surface area (Å²) in [5.41, 5.74) is 0.299. The van der Waals surface area contributed by atoms with Crippen molar-refractivity contribution in [3.63, 3.8) is 0 Å². The van der Waals surface area contributed by atoms with Crippen molar-refractivity contribution in [2.45, 2.75) is 13.5 Å². The van der Waals surface area contributed by atoms with Crippen molar-refractivity contribution < 1.29 is 4.52 Å². The summed E-state index contributed by atoms with van der Waals surface area (Å²) in [6.07, 6.45) is 1.41. The zero-order valence-corrected chi connectivity index (χ0v) is 8.38. The Balaban J connectivity index is 2.33. The SMILES string of the molecule is Cc1nc(Cn2cnc(C#N)c2C#N)no1. The van der Waals surface area contributed by atoms with Crippen molar-refractivity contribution in [3.8, 4) is 12.1 Å². The molecule has 0 saturated carbocycles. The van der Waals surface area contributed by atoms with Crippen LogP contribution in [0.1, 0.15) is 23.1 Å². The van der Waals surface area contributed by atoms with Crippen LogP contribution in [0.5, 0.6) is 0 Å². The van der Waals surface area contributed by atoms with E-state index in [1.54, 1.807) is 6.92 Å². The van der Waals surface area contributed by atoms with Crippen LogP contribution in [0.3, 0.4) is 0 Å². The molecule has 16 heavy (non-hydrogen) atoms. The Morgan fingerprint density at radius 2 is 2.25 bits per heavy atom. The van der Waals surface area contributed by atoms with E-state index in [9.17, 15) is 0 Å². The molecule has 2 heterocycles. The van der Waals surface area contributed by atoms with Crippen molar-refractivity contribution in [2.24, 2.45) is 0 Å². The second-order valence-electron chi connectivity index (χ2n) is 3.02. The van der Waals surface area contributed by atoms with E-state index < -0.39 is 0 Å². The molecule has 0 aliphatic carbocycles. The molecule has 0 saturated heterocycles. The largest absolute Gasteiger partial charge is 0.340 e. The highest BCUT2D eigenvalue weighted by Crippen LogP contribution is 2.07. The smallest absolute Gasteiger partial charge is 0.223 e. The lowest BCUT2D eigenvalue weighted by Gasteiger charge is -1.97. The molecule has 2 rings (SSSR count). The quantitative estimate of drug-likeness (QED) is 0.714. The summed E-state index contributed by atoms with van der Waals surface area (Å²) < 4.78 is 6.30. The predicted molar refractivity (Wildman–Crippen MR) is 49.8 cm³/mol. The van der Waals surface area contributed by atoms with Gasteiger partial charge in [-0.2, -0.15) is 15.5 Å². The summed E-state index contributed by atoms with van der Waals surface area (Å²) in [6.45, 7) is 1.94. The van der Waals surface area contributed by atoms with Gasteiger partial charge in [-0.05, 0) is 0 Å². The van der Waals surface area contributed by atoms with E-state index in [1.165, 1.54) is 10.9 Å². The minimum absolute atomic E-state index is 0.0997. The molecule has 0 radical (unpaired) electrons. The Kier molecular flexibility index (Phi) is 2.36. The highest BCUT2D eigenvalue weighted by Gasteiger charge is 2.12. The third-order valence-corrected chi connectivity index (χ3v) is 1.93. The Bertz CT molecular complexity index is 596. The van der Waals surface area contributed by atoms with E-state index in [2.05, 4.69) is 15.1 Å². The van der Waals surface area contributed by atoms with Crippen LogP contribution in [-0.2, 0) is 6.54 Å². The fourth-order valence-corrected chi connectivity index (χ4v) is 1.26. The maximum atomic E-state index is 8.88. The van der Waals surface area contributed by atoms with Gasteiger partial charge < -0.3 is 9.09 Å². The number of aryl methyl sites for hydroxylation is 1. The average molecular weight is 214 g/mol. The molecule has 0 bridgehead atoms. The Morgan fingerprint density at radius 3 is 2.81 bits per heavy atom. The summed E-state index contributed by atoms with van der Waals surface area (Å²) in [4.78, 5) is 7.80. The minimum atomic E-state index is 0.0997. The summed E-state index contributed by atoms with van der Waals surface area (Å²) >= 11 is 0. The van der Waals surface area contributed by atoms with Gasteiger partial charge in [0, 0.05) is 6.92 Å². The molecule has 0 amide bonds. The summed E-state index contributed by atoms with van der Waals surface area (Å²) in [5.74, 6) is 0.894. The van der Waals surface area contributed by atoms with E-state index >= 15 is 0 Å². The van der Waals surface area contributed by atoms with Gasteiger partial charge in [-0.3, -0.25) is 0 Å². The fraction of sp³-hybridized carbons (Fsp3) is 0.222. The van der Waals surface area contributed by atoms with Gasteiger partial charge in [-0.1, -0.05) is 5.16 Å². The van der Waals surface area contributed by atoms with Crippen molar-refractivity contribution in [2.75, 3.05) is 0 Å². The highest BCUT2D eigenvalue weighted by molar-refractivity contribution is 5.36. The summed E-state index contributed by atoms with van der Waals surface area (Å²) in [5, 5.41) is 21.3. The zero-order chi connectivity index (χ0) is 11.5. The van der Waals surface area contributed by atoms with Crippen LogP contribution in [0.25, 0.3) is 0 Å². The third kappa shape index (κ3) is 1.62. The van der Waals surface area contributed by atoms with E-state index in [0.717, 1.165) is 0 Å². The first-order valence-electron chi connectivity index (χ1n) is 4.39. The molecule has 0 fully saturated rings. The maximum Gasteiger partial charge on any atom is 0.223 e. The Labute approximate surface area is 90.6 Å². The van der Waals surface area contributed by atoms with E-state index in [1.807, 2.05) is 12.1 Å². The first-order chi connectivity index (χ1) is 7.74. The second-order valence-corrected chi connectivity index (χ2v) is 3.02. The van der Waals surface area contributed by atoms with Gasteiger partial charge in [0.25, 0.3) is 0 Å². The lowest BCUT2D eigenvalue weighted by molar-refractivity contribution is 0.386. The highest BCUT2D eigenvalue weighted by atomic mass is 16.5. The molecular weight excluding hydrogens is 208 g/mol. The topological polar surface area (TPSA) is 104 Å². The van der Waals surface area contributed by atoms with Gasteiger partial charge in [0.1, 0.15) is 12.1 Å². The van der Waals surface area contributed by atoms with Crippen molar-refractivity contribution in [1.82, 2.24) is 19.7 Å². The minimum Gasteiger partial charge on any atom is -0.340 e. The molecule has 2 aromatic rings. The van der Waals surface area contributed by atoms with Crippen LogP contribution in [0.4, 0.5) is 0 Å². The van der Waals surface area contributed by atoms with Gasteiger partial charge >= 0.3 is 0 Å². The molecular formula is C9H6N6O. The predicted octanol–water partition coefficient (Wildman–Crippen LogP) is 0.366. The molecule has 0 N–H and O–H groups in total. The average Bonchev–Trinajstić information content (AvgIpc) is 2.85. The fourth-order valence-electron chi connectivity index (χ4n) is 1.26. The van der Waals surface area contributed by atoms with Crippen LogP contribution in [0, 0.1) is 29.6 Å². The van der Waals surface area contributed by atoms with E-state index in [4.69, 9.17) is 15.0 Å². The molecule has 0 aliphatic rings. The molecule has 0 aliphatic heterocycles. The third-order valence-electron chi connectivity index (χ3n) is 1.93. The van der Waals surface area contributed by atoms with Gasteiger partial charge in [0.15, 0.2) is 17.2 Å². The molecule has 0 unspecified atom stereocenters. The number of nitriles is 2. The number of rotatable bonds is 2. The molecule has 0 spiro atoms. The van der Waals surface area contributed by atoms with Gasteiger partial charge in [0.2, 0.25) is 5.89 Å².